The standard InChI is InChI=1S/C22H22BrNO4S2/c1-4-26-16-9-7-15(8-10-16)24-21(25)19(30-22(24)29)13-14-11-17(23)20(28-6-3)18(12-14)27-5-2/h7-13H,4-6H2,1-3H3/b19-13+. The maximum atomic E-state index is 13.0. The van der Waals surface area contributed by atoms with Crippen LogP contribution >= 0.6 is 39.9 Å². The van der Waals surface area contributed by atoms with Crippen molar-refractivity contribution in [3.8, 4) is 17.2 Å². The Bertz CT molecular complexity index is 976. The molecule has 2 aromatic carbocycles. The molecule has 0 radical (unpaired) electrons. The number of thioether (sulfide) groups is 1. The molecule has 30 heavy (non-hydrogen) atoms. The highest BCUT2D eigenvalue weighted by atomic mass is 79.9. The summed E-state index contributed by atoms with van der Waals surface area (Å²) in [5.74, 6) is 1.88. The molecule has 0 aromatic heterocycles. The molecule has 0 bridgehead atoms. The third kappa shape index (κ3) is 4.99. The summed E-state index contributed by atoms with van der Waals surface area (Å²) in [6.07, 6.45) is 1.82. The molecular weight excluding hydrogens is 486 g/mol. The molecule has 1 saturated heterocycles. The summed E-state index contributed by atoms with van der Waals surface area (Å²) in [4.78, 5) is 15.1. The van der Waals surface area contributed by atoms with Crippen LogP contribution in [-0.4, -0.2) is 30.0 Å². The Balaban J connectivity index is 1.89. The number of rotatable bonds is 8. The van der Waals surface area contributed by atoms with Gasteiger partial charge in [-0.3, -0.25) is 9.69 Å². The van der Waals surface area contributed by atoms with E-state index < -0.39 is 0 Å². The van der Waals surface area contributed by atoms with Gasteiger partial charge in [0.1, 0.15) is 5.75 Å². The molecule has 0 spiro atoms. The van der Waals surface area contributed by atoms with E-state index in [1.807, 2.05) is 63.2 Å². The maximum Gasteiger partial charge on any atom is 0.270 e. The molecule has 0 aliphatic carbocycles. The number of anilines is 1. The van der Waals surface area contributed by atoms with Crippen LogP contribution in [0.25, 0.3) is 6.08 Å². The quantitative estimate of drug-likeness (QED) is 0.320. The monoisotopic (exact) mass is 507 g/mol. The van der Waals surface area contributed by atoms with E-state index in [4.69, 9.17) is 26.4 Å². The highest BCUT2D eigenvalue weighted by molar-refractivity contribution is 9.10. The van der Waals surface area contributed by atoms with E-state index in [0.717, 1.165) is 15.8 Å². The van der Waals surface area contributed by atoms with Crippen molar-refractivity contribution in [1.29, 1.82) is 0 Å². The van der Waals surface area contributed by atoms with E-state index in [2.05, 4.69) is 15.9 Å². The lowest BCUT2D eigenvalue weighted by atomic mass is 10.1. The molecule has 8 heteroatoms. The van der Waals surface area contributed by atoms with Crippen LogP contribution < -0.4 is 19.1 Å². The molecule has 5 nitrogen and oxygen atoms in total. The average Bonchev–Trinajstić information content (AvgIpc) is 2.99. The number of halogens is 1. The normalized spacial score (nSPS) is 15.1. The first-order valence-electron chi connectivity index (χ1n) is 9.58. The van der Waals surface area contributed by atoms with E-state index in [9.17, 15) is 4.79 Å². The van der Waals surface area contributed by atoms with Gasteiger partial charge >= 0.3 is 0 Å². The summed E-state index contributed by atoms with van der Waals surface area (Å²) in [6, 6.07) is 11.1. The van der Waals surface area contributed by atoms with Crippen molar-refractivity contribution < 1.29 is 19.0 Å². The van der Waals surface area contributed by atoms with Crippen LogP contribution in [0.3, 0.4) is 0 Å². The van der Waals surface area contributed by atoms with Gasteiger partial charge in [0.15, 0.2) is 15.8 Å². The van der Waals surface area contributed by atoms with Crippen molar-refractivity contribution in [3.05, 3.63) is 51.3 Å². The van der Waals surface area contributed by atoms with E-state index in [0.29, 0.717) is 46.2 Å². The molecule has 0 unspecified atom stereocenters. The number of ether oxygens (including phenoxy) is 3. The molecule has 1 heterocycles. The first-order chi connectivity index (χ1) is 14.5. The van der Waals surface area contributed by atoms with Gasteiger partial charge in [-0.2, -0.15) is 0 Å². The van der Waals surface area contributed by atoms with Crippen LogP contribution in [0, 0.1) is 0 Å². The summed E-state index contributed by atoms with van der Waals surface area (Å²) in [5.41, 5.74) is 1.54. The lowest BCUT2D eigenvalue weighted by molar-refractivity contribution is -0.113. The molecule has 0 saturated carbocycles. The van der Waals surface area contributed by atoms with E-state index in [-0.39, 0.29) is 5.91 Å². The van der Waals surface area contributed by atoms with E-state index in [1.165, 1.54) is 16.7 Å². The molecule has 2 aromatic rings. The van der Waals surface area contributed by atoms with Gasteiger partial charge in [0, 0.05) is 0 Å². The Kier molecular flexibility index (Phi) is 7.80. The van der Waals surface area contributed by atoms with Crippen molar-refractivity contribution in [2.45, 2.75) is 20.8 Å². The maximum absolute atomic E-state index is 13.0. The van der Waals surface area contributed by atoms with Crippen molar-refractivity contribution in [2.75, 3.05) is 24.7 Å². The van der Waals surface area contributed by atoms with Crippen molar-refractivity contribution in [1.82, 2.24) is 0 Å². The first-order valence-corrected chi connectivity index (χ1v) is 11.6. The topological polar surface area (TPSA) is 48.0 Å². The van der Waals surface area contributed by atoms with Crippen LogP contribution in [-0.2, 0) is 4.79 Å². The predicted molar refractivity (Wildman–Crippen MR) is 130 cm³/mol. The van der Waals surface area contributed by atoms with Crippen molar-refractivity contribution in [2.24, 2.45) is 0 Å². The summed E-state index contributed by atoms with van der Waals surface area (Å²) in [6.45, 7) is 7.39. The van der Waals surface area contributed by atoms with Crippen molar-refractivity contribution >= 4 is 61.9 Å². The van der Waals surface area contributed by atoms with E-state index >= 15 is 0 Å². The highest BCUT2D eigenvalue weighted by Crippen LogP contribution is 2.40. The average molecular weight is 508 g/mol. The van der Waals surface area contributed by atoms with Crippen LogP contribution in [0.15, 0.2) is 45.8 Å². The second-order valence-electron chi connectivity index (χ2n) is 6.14. The molecule has 0 N–H and O–H groups in total. The predicted octanol–water partition coefficient (Wildman–Crippen LogP) is 6.05. The minimum Gasteiger partial charge on any atom is -0.494 e. The zero-order chi connectivity index (χ0) is 21.7. The Morgan fingerprint density at radius 2 is 1.70 bits per heavy atom. The van der Waals surface area contributed by atoms with Crippen molar-refractivity contribution in [3.63, 3.8) is 0 Å². The van der Waals surface area contributed by atoms with Gasteiger partial charge in [0.2, 0.25) is 0 Å². The smallest absolute Gasteiger partial charge is 0.270 e. The van der Waals surface area contributed by atoms with Gasteiger partial charge in [-0.15, -0.1) is 0 Å². The minimum atomic E-state index is -0.155. The molecule has 1 fully saturated rings. The van der Waals surface area contributed by atoms with Gasteiger partial charge in [-0.1, -0.05) is 24.0 Å². The molecule has 1 aliphatic heterocycles. The number of thiocarbonyl (C=S) groups is 1. The van der Waals surface area contributed by atoms with E-state index in [1.54, 1.807) is 0 Å². The molecule has 3 rings (SSSR count). The van der Waals surface area contributed by atoms with Gasteiger partial charge in [-0.25, -0.2) is 0 Å². The first kappa shape index (κ1) is 22.7. The second-order valence-corrected chi connectivity index (χ2v) is 8.67. The number of benzene rings is 2. The fraction of sp³-hybridized carbons (Fsp3) is 0.273. The van der Waals surface area contributed by atoms with Gasteiger partial charge < -0.3 is 14.2 Å². The Morgan fingerprint density at radius 3 is 2.33 bits per heavy atom. The van der Waals surface area contributed by atoms with Crippen LogP contribution in [0.2, 0.25) is 0 Å². The molecule has 158 valence electrons. The summed E-state index contributed by atoms with van der Waals surface area (Å²) in [5, 5.41) is 0. The second kappa shape index (κ2) is 10.3. The Morgan fingerprint density at radius 1 is 1.03 bits per heavy atom. The zero-order valence-corrected chi connectivity index (χ0v) is 20.2. The number of hydrogen-bond acceptors (Lipinski definition) is 6. The number of amides is 1. The van der Waals surface area contributed by atoms with Crippen LogP contribution in [0.1, 0.15) is 26.3 Å². The largest absolute Gasteiger partial charge is 0.494 e. The molecular formula is C22H22BrNO4S2. The van der Waals surface area contributed by atoms with Gasteiger partial charge in [0.05, 0.1) is 34.9 Å². The fourth-order valence-corrected chi connectivity index (χ4v) is 4.79. The van der Waals surface area contributed by atoms with Crippen LogP contribution in [0.4, 0.5) is 5.69 Å². The minimum absolute atomic E-state index is 0.155. The molecule has 0 atom stereocenters. The summed E-state index contributed by atoms with van der Waals surface area (Å²) < 4.78 is 18.1. The Labute approximate surface area is 194 Å². The third-order valence-corrected chi connectivity index (χ3v) is 6.01. The lowest BCUT2D eigenvalue weighted by Crippen LogP contribution is -2.27. The highest BCUT2D eigenvalue weighted by Gasteiger charge is 2.33. The third-order valence-electron chi connectivity index (χ3n) is 4.12. The summed E-state index contributed by atoms with van der Waals surface area (Å²) >= 11 is 10.3. The lowest BCUT2D eigenvalue weighted by Gasteiger charge is -2.15. The number of hydrogen-bond donors (Lipinski definition) is 0. The molecule has 1 aliphatic rings. The van der Waals surface area contributed by atoms with Gasteiger partial charge in [-0.05, 0) is 84.7 Å². The zero-order valence-electron chi connectivity index (χ0n) is 16.9. The Hall–Kier alpha value is -2.03. The summed E-state index contributed by atoms with van der Waals surface area (Å²) in [7, 11) is 0. The number of carbonyl (C=O) groups is 1. The van der Waals surface area contributed by atoms with Gasteiger partial charge in [0.25, 0.3) is 5.91 Å². The molecule has 1 amide bonds. The number of nitrogens with zero attached hydrogens (tertiary/aromatic N) is 1. The fourth-order valence-electron chi connectivity index (χ4n) is 2.92. The SMILES string of the molecule is CCOc1ccc(N2C(=O)/C(=C\c3cc(Br)c(OCC)c(OCC)c3)SC2=S)cc1. The number of carbonyl (C=O) groups excluding carboxylic acids is 1. The van der Waals surface area contributed by atoms with Crippen LogP contribution in [0.5, 0.6) is 17.2 Å².